The molecule has 0 aliphatic heterocycles. The summed E-state index contributed by atoms with van der Waals surface area (Å²) in [5.74, 6) is 0.942. The monoisotopic (exact) mass is 314 g/mol. The third-order valence-electron chi connectivity index (χ3n) is 1.81. The van der Waals surface area contributed by atoms with Crippen LogP contribution < -0.4 is 4.74 Å². The van der Waals surface area contributed by atoms with E-state index in [2.05, 4.69) is 22.6 Å². The van der Waals surface area contributed by atoms with Crippen LogP contribution in [0.5, 0.6) is 11.5 Å². The SMILES string of the molecule is Fc1cc(I)cc(Oc2ccccc2)c1. The van der Waals surface area contributed by atoms with Crippen molar-refractivity contribution in [3.05, 3.63) is 57.9 Å². The standard InChI is InChI=1S/C12H8FIO/c13-9-6-10(14)8-12(7-9)15-11-4-2-1-3-5-11/h1-8H. The van der Waals surface area contributed by atoms with Crippen LogP contribution in [0.25, 0.3) is 0 Å². The molecule has 0 aliphatic rings. The van der Waals surface area contributed by atoms with Crippen LogP contribution in [0, 0.1) is 9.39 Å². The van der Waals surface area contributed by atoms with Gasteiger partial charge in [0.2, 0.25) is 0 Å². The van der Waals surface area contributed by atoms with E-state index in [0.717, 1.165) is 3.57 Å². The van der Waals surface area contributed by atoms with Crippen molar-refractivity contribution >= 4 is 22.6 Å². The molecule has 2 aromatic rings. The smallest absolute Gasteiger partial charge is 0.131 e. The summed E-state index contributed by atoms with van der Waals surface area (Å²) >= 11 is 2.05. The molecular weight excluding hydrogens is 306 g/mol. The highest BCUT2D eigenvalue weighted by molar-refractivity contribution is 14.1. The largest absolute Gasteiger partial charge is 0.457 e. The highest BCUT2D eigenvalue weighted by Gasteiger charge is 2.00. The van der Waals surface area contributed by atoms with Crippen molar-refractivity contribution < 1.29 is 9.13 Å². The molecule has 15 heavy (non-hydrogen) atoms. The summed E-state index contributed by atoms with van der Waals surface area (Å²) in [4.78, 5) is 0. The molecule has 3 heteroatoms. The lowest BCUT2D eigenvalue weighted by Gasteiger charge is -2.05. The predicted molar refractivity (Wildman–Crippen MR) is 65.6 cm³/mol. The number of ether oxygens (including phenoxy) is 1. The van der Waals surface area contributed by atoms with Gasteiger partial charge < -0.3 is 4.74 Å². The maximum absolute atomic E-state index is 13.0. The number of rotatable bonds is 2. The van der Waals surface area contributed by atoms with E-state index < -0.39 is 0 Å². The average Bonchev–Trinajstić information content (AvgIpc) is 2.17. The molecule has 0 bridgehead atoms. The Kier molecular flexibility index (Phi) is 3.20. The molecule has 2 aromatic carbocycles. The van der Waals surface area contributed by atoms with Gasteiger partial charge in [-0.2, -0.15) is 0 Å². The van der Waals surface area contributed by atoms with Gasteiger partial charge in [-0.3, -0.25) is 0 Å². The Labute approximate surface area is 101 Å². The quantitative estimate of drug-likeness (QED) is 0.754. The molecule has 0 radical (unpaired) electrons. The van der Waals surface area contributed by atoms with Gasteiger partial charge in [0, 0.05) is 9.64 Å². The molecule has 0 aliphatic carbocycles. The zero-order valence-electron chi connectivity index (χ0n) is 7.78. The molecule has 0 amide bonds. The van der Waals surface area contributed by atoms with Crippen LogP contribution in [0.4, 0.5) is 4.39 Å². The van der Waals surface area contributed by atoms with Crippen molar-refractivity contribution in [2.24, 2.45) is 0 Å². The molecule has 0 heterocycles. The van der Waals surface area contributed by atoms with Crippen LogP contribution >= 0.6 is 22.6 Å². The molecule has 2 rings (SSSR count). The fraction of sp³-hybridized carbons (Fsp3) is 0. The number of benzene rings is 2. The normalized spacial score (nSPS) is 10.0. The summed E-state index contributed by atoms with van der Waals surface area (Å²) in [7, 11) is 0. The van der Waals surface area contributed by atoms with E-state index in [0.29, 0.717) is 11.5 Å². The summed E-state index contributed by atoms with van der Waals surface area (Å²) in [6.45, 7) is 0. The average molecular weight is 314 g/mol. The Bertz CT molecular complexity index is 436. The third-order valence-corrected chi connectivity index (χ3v) is 2.44. The minimum Gasteiger partial charge on any atom is -0.457 e. The van der Waals surface area contributed by atoms with Crippen molar-refractivity contribution in [1.82, 2.24) is 0 Å². The molecule has 0 aromatic heterocycles. The van der Waals surface area contributed by atoms with Crippen molar-refractivity contribution in [1.29, 1.82) is 0 Å². The second-order valence-electron chi connectivity index (χ2n) is 3.02. The van der Waals surface area contributed by atoms with Crippen molar-refractivity contribution in [3.8, 4) is 11.5 Å². The Balaban J connectivity index is 2.25. The van der Waals surface area contributed by atoms with E-state index in [4.69, 9.17) is 4.74 Å². The zero-order valence-corrected chi connectivity index (χ0v) is 9.94. The number of halogens is 2. The van der Waals surface area contributed by atoms with E-state index in [-0.39, 0.29) is 5.82 Å². The highest BCUT2D eigenvalue weighted by Crippen LogP contribution is 2.23. The molecular formula is C12H8FIO. The first-order valence-electron chi connectivity index (χ1n) is 4.43. The van der Waals surface area contributed by atoms with Gasteiger partial charge in [0.25, 0.3) is 0 Å². The molecule has 0 saturated carbocycles. The maximum Gasteiger partial charge on any atom is 0.131 e. The Morgan fingerprint density at radius 3 is 2.33 bits per heavy atom. The minimum absolute atomic E-state index is 0.284. The third kappa shape index (κ3) is 2.92. The summed E-state index contributed by atoms with van der Waals surface area (Å²) in [5, 5.41) is 0. The fourth-order valence-corrected chi connectivity index (χ4v) is 1.82. The van der Waals surface area contributed by atoms with Gasteiger partial charge in [0.1, 0.15) is 17.3 Å². The van der Waals surface area contributed by atoms with E-state index in [9.17, 15) is 4.39 Å². The van der Waals surface area contributed by atoms with Crippen LogP contribution in [-0.4, -0.2) is 0 Å². The maximum atomic E-state index is 13.0. The molecule has 0 fully saturated rings. The first kappa shape index (κ1) is 10.4. The van der Waals surface area contributed by atoms with Gasteiger partial charge in [-0.15, -0.1) is 0 Å². The lowest BCUT2D eigenvalue weighted by atomic mass is 10.3. The van der Waals surface area contributed by atoms with Crippen LogP contribution in [0.1, 0.15) is 0 Å². The van der Waals surface area contributed by atoms with Gasteiger partial charge in [0.05, 0.1) is 0 Å². The second kappa shape index (κ2) is 4.61. The van der Waals surface area contributed by atoms with Gasteiger partial charge in [-0.25, -0.2) is 4.39 Å². The molecule has 1 nitrogen and oxygen atoms in total. The molecule has 76 valence electrons. The summed E-state index contributed by atoms with van der Waals surface area (Å²) < 4.78 is 19.4. The number of para-hydroxylation sites is 1. The molecule has 0 unspecified atom stereocenters. The predicted octanol–water partition coefficient (Wildman–Crippen LogP) is 4.22. The molecule has 0 saturated heterocycles. The second-order valence-corrected chi connectivity index (χ2v) is 4.27. The van der Waals surface area contributed by atoms with Crippen LogP contribution in [0.15, 0.2) is 48.5 Å². The van der Waals surface area contributed by atoms with E-state index in [1.165, 1.54) is 12.1 Å². The van der Waals surface area contributed by atoms with Gasteiger partial charge in [-0.1, -0.05) is 18.2 Å². The van der Waals surface area contributed by atoms with Gasteiger partial charge in [0.15, 0.2) is 0 Å². The highest BCUT2D eigenvalue weighted by atomic mass is 127. The topological polar surface area (TPSA) is 9.23 Å². The summed E-state index contributed by atoms with van der Waals surface area (Å²) in [6.07, 6.45) is 0. The molecule has 0 atom stereocenters. The van der Waals surface area contributed by atoms with E-state index in [1.807, 2.05) is 30.3 Å². The van der Waals surface area contributed by atoms with Crippen LogP contribution in [-0.2, 0) is 0 Å². The zero-order chi connectivity index (χ0) is 10.7. The number of hydrogen-bond acceptors (Lipinski definition) is 1. The van der Waals surface area contributed by atoms with Crippen LogP contribution in [0.3, 0.4) is 0 Å². The van der Waals surface area contributed by atoms with Crippen molar-refractivity contribution in [3.63, 3.8) is 0 Å². The summed E-state index contributed by atoms with van der Waals surface area (Å²) in [5.41, 5.74) is 0. The van der Waals surface area contributed by atoms with Crippen molar-refractivity contribution in [2.75, 3.05) is 0 Å². The Morgan fingerprint density at radius 2 is 1.67 bits per heavy atom. The Hall–Kier alpha value is -1.10. The van der Waals surface area contributed by atoms with E-state index in [1.54, 1.807) is 6.07 Å². The summed E-state index contributed by atoms with van der Waals surface area (Å²) in [6, 6.07) is 13.9. The fourth-order valence-electron chi connectivity index (χ4n) is 1.21. The first-order valence-corrected chi connectivity index (χ1v) is 5.51. The van der Waals surface area contributed by atoms with Gasteiger partial charge >= 0.3 is 0 Å². The van der Waals surface area contributed by atoms with Crippen molar-refractivity contribution in [2.45, 2.75) is 0 Å². The lowest BCUT2D eigenvalue weighted by molar-refractivity contribution is 0.476. The number of hydrogen-bond donors (Lipinski definition) is 0. The Morgan fingerprint density at radius 1 is 0.933 bits per heavy atom. The molecule has 0 spiro atoms. The first-order chi connectivity index (χ1) is 7.24. The van der Waals surface area contributed by atoms with E-state index >= 15 is 0 Å². The lowest BCUT2D eigenvalue weighted by Crippen LogP contribution is -1.86. The van der Waals surface area contributed by atoms with Crippen LogP contribution in [0.2, 0.25) is 0 Å². The van der Waals surface area contributed by atoms with Gasteiger partial charge in [-0.05, 0) is 46.9 Å². The minimum atomic E-state index is -0.284. The molecule has 0 N–H and O–H groups in total.